The van der Waals surface area contributed by atoms with Crippen LogP contribution in [-0.2, 0) is 0 Å². The van der Waals surface area contributed by atoms with E-state index in [9.17, 15) is 0 Å². The molecule has 146 valence electrons. The number of nitrogens with zero attached hydrogens (tertiary/aromatic N) is 3. The van der Waals surface area contributed by atoms with E-state index in [1.54, 1.807) is 6.33 Å². The highest BCUT2D eigenvalue weighted by atomic mass is 14.9. The summed E-state index contributed by atoms with van der Waals surface area (Å²) < 4.78 is 0. The number of aromatic amines is 1. The molecule has 0 radical (unpaired) electrons. The minimum Gasteiger partial charge on any atom is -0.345 e. The van der Waals surface area contributed by atoms with Crippen molar-refractivity contribution >= 4 is 54.4 Å². The van der Waals surface area contributed by atoms with E-state index in [-0.39, 0.29) is 0 Å². The molecular weight excluding hydrogens is 380 g/mol. The molecule has 7 rings (SSSR count). The topological polar surface area (TPSA) is 54.5 Å². The number of benzene rings is 4. The predicted molar refractivity (Wildman–Crippen MR) is 128 cm³/mol. The number of imidazole rings is 1. The van der Waals surface area contributed by atoms with E-state index in [1.807, 2.05) is 48.8 Å². The lowest BCUT2D eigenvalue weighted by Crippen LogP contribution is -1.89. The molecule has 0 fully saturated rings. The van der Waals surface area contributed by atoms with E-state index >= 15 is 0 Å². The van der Waals surface area contributed by atoms with Crippen molar-refractivity contribution in [1.29, 1.82) is 0 Å². The van der Waals surface area contributed by atoms with Crippen molar-refractivity contribution in [2.24, 2.45) is 0 Å². The van der Waals surface area contributed by atoms with Gasteiger partial charge in [-0.25, -0.2) is 4.98 Å². The molecule has 0 bridgehead atoms. The van der Waals surface area contributed by atoms with Crippen molar-refractivity contribution in [3.63, 3.8) is 0 Å². The summed E-state index contributed by atoms with van der Waals surface area (Å²) in [6.07, 6.45) is 5.52. The van der Waals surface area contributed by atoms with Crippen LogP contribution in [0.5, 0.6) is 0 Å². The van der Waals surface area contributed by atoms with Crippen LogP contribution in [0.3, 0.4) is 0 Å². The Hall–Kier alpha value is -4.31. The third kappa shape index (κ3) is 2.89. The van der Waals surface area contributed by atoms with Gasteiger partial charge in [-0.15, -0.1) is 0 Å². The van der Waals surface area contributed by atoms with Crippen LogP contribution in [-0.4, -0.2) is 19.9 Å². The van der Waals surface area contributed by atoms with Gasteiger partial charge in [-0.2, -0.15) is 0 Å². The molecule has 4 heteroatoms. The Morgan fingerprint density at radius 2 is 1.23 bits per heavy atom. The van der Waals surface area contributed by atoms with Gasteiger partial charge in [0.1, 0.15) is 0 Å². The second-order valence-corrected chi connectivity index (χ2v) is 7.43. The summed E-state index contributed by atoms with van der Waals surface area (Å²) in [6, 6.07) is 28.9. The van der Waals surface area contributed by atoms with Gasteiger partial charge < -0.3 is 4.98 Å². The van der Waals surface area contributed by atoms with Gasteiger partial charge in [0.15, 0.2) is 0 Å². The number of H-pyrrole nitrogens is 1. The van der Waals surface area contributed by atoms with Gasteiger partial charge >= 0.3 is 0 Å². The zero-order chi connectivity index (χ0) is 20.6. The van der Waals surface area contributed by atoms with Gasteiger partial charge in [-0.05, 0) is 29.0 Å². The Morgan fingerprint density at radius 1 is 0.548 bits per heavy atom. The first-order valence-electron chi connectivity index (χ1n) is 10.2. The molecule has 0 spiro atoms. The first-order valence-corrected chi connectivity index (χ1v) is 10.2. The maximum Gasteiger partial charge on any atom is 0.0931 e. The molecule has 0 unspecified atom stereocenters. The standard InChI is InChI=1S/C20H12N2.C7H6N2/c1-2-7-14-13(6-1)12-22-20-16-9-4-3-8-15(16)17-10-5-11-21-19(17)18(14)20;1-2-4-7-6(3-1)8-5-9-7/h1-12H;1-5H,(H,8,9). The van der Waals surface area contributed by atoms with E-state index in [0.717, 1.165) is 32.8 Å². The lowest BCUT2D eigenvalue weighted by atomic mass is 9.97. The van der Waals surface area contributed by atoms with E-state index in [2.05, 4.69) is 63.5 Å². The van der Waals surface area contributed by atoms with Crippen LogP contribution in [0.25, 0.3) is 54.4 Å². The number of para-hydroxylation sites is 2. The first-order chi connectivity index (χ1) is 15.4. The normalized spacial score (nSPS) is 11.2. The molecule has 3 heterocycles. The molecule has 0 aliphatic heterocycles. The maximum absolute atomic E-state index is 4.75. The number of rotatable bonds is 0. The van der Waals surface area contributed by atoms with Crippen LogP contribution in [0.15, 0.2) is 104 Å². The first kappa shape index (κ1) is 17.5. The van der Waals surface area contributed by atoms with Crippen LogP contribution in [0.2, 0.25) is 0 Å². The molecule has 0 atom stereocenters. The monoisotopic (exact) mass is 398 g/mol. The van der Waals surface area contributed by atoms with Crippen molar-refractivity contribution in [3.8, 4) is 0 Å². The summed E-state index contributed by atoms with van der Waals surface area (Å²) in [7, 11) is 0. The Bertz CT molecular complexity index is 1620. The smallest absolute Gasteiger partial charge is 0.0931 e. The maximum atomic E-state index is 4.75. The van der Waals surface area contributed by atoms with Gasteiger partial charge in [0.05, 0.1) is 28.4 Å². The summed E-state index contributed by atoms with van der Waals surface area (Å²) in [5.41, 5.74) is 4.18. The fourth-order valence-electron chi connectivity index (χ4n) is 4.23. The average molecular weight is 398 g/mol. The highest BCUT2D eigenvalue weighted by Crippen LogP contribution is 2.36. The molecule has 4 aromatic carbocycles. The predicted octanol–water partition coefficient (Wildman–Crippen LogP) is 6.65. The fourth-order valence-corrected chi connectivity index (χ4v) is 4.23. The number of nitrogens with one attached hydrogen (secondary N) is 1. The molecule has 31 heavy (non-hydrogen) atoms. The average Bonchev–Trinajstić information content (AvgIpc) is 3.33. The zero-order valence-electron chi connectivity index (χ0n) is 16.7. The number of pyridine rings is 2. The molecule has 0 aliphatic carbocycles. The number of fused-ring (bicyclic) bond motifs is 9. The Balaban J connectivity index is 0.000000172. The largest absolute Gasteiger partial charge is 0.345 e. The molecule has 1 N–H and O–H groups in total. The summed E-state index contributed by atoms with van der Waals surface area (Å²) in [4.78, 5) is 16.5. The minimum atomic E-state index is 1.03. The molecule has 0 saturated carbocycles. The van der Waals surface area contributed by atoms with E-state index in [0.29, 0.717) is 0 Å². The highest BCUT2D eigenvalue weighted by molar-refractivity contribution is 6.28. The van der Waals surface area contributed by atoms with Crippen molar-refractivity contribution in [2.75, 3.05) is 0 Å². The Kier molecular flexibility index (Phi) is 4.06. The van der Waals surface area contributed by atoms with Crippen LogP contribution in [0, 0.1) is 0 Å². The van der Waals surface area contributed by atoms with Gasteiger partial charge in [-0.3, -0.25) is 9.97 Å². The third-order valence-electron chi connectivity index (χ3n) is 5.64. The zero-order valence-corrected chi connectivity index (χ0v) is 16.7. The second-order valence-electron chi connectivity index (χ2n) is 7.43. The minimum absolute atomic E-state index is 1.03. The van der Waals surface area contributed by atoms with Crippen LogP contribution < -0.4 is 0 Å². The molecule has 4 nitrogen and oxygen atoms in total. The van der Waals surface area contributed by atoms with E-state index in [1.165, 1.54) is 21.5 Å². The van der Waals surface area contributed by atoms with Gasteiger partial charge in [0.25, 0.3) is 0 Å². The van der Waals surface area contributed by atoms with Gasteiger partial charge in [-0.1, -0.05) is 66.7 Å². The number of hydrogen-bond acceptors (Lipinski definition) is 3. The van der Waals surface area contributed by atoms with Crippen LogP contribution in [0.4, 0.5) is 0 Å². The van der Waals surface area contributed by atoms with Gasteiger partial charge in [0.2, 0.25) is 0 Å². The highest BCUT2D eigenvalue weighted by Gasteiger charge is 2.12. The Morgan fingerprint density at radius 3 is 2.10 bits per heavy atom. The summed E-state index contributed by atoms with van der Waals surface area (Å²) in [5.74, 6) is 0. The number of hydrogen-bond donors (Lipinski definition) is 1. The molecule has 0 saturated heterocycles. The SMILES string of the molecule is c1ccc2[nH]cnc2c1.c1ccc2c(c1)cnc1c3ccccc3c3cccnc3c21. The van der Waals surface area contributed by atoms with Crippen molar-refractivity contribution < 1.29 is 0 Å². The second kappa shape index (κ2) is 7.18. The molecular formula is C27H18N4. The summed E-state index contributed by atoms with van der Waals surface area (Å²) in [6.45, 7) is 0. The van der Waals surface area contributed by atoms with Crippen molar-refractivity contribution in [3.05, 3.63) is 104 Å². The number of aromatic nitrogens is 4. The fraction of sp³-hybridized carbons (Fsp3) is 0. The van der Waals surface area contributed by atoms with Crippen molar-refractivity contribution in [2.45, 2.75) is 0 Å². The Labute approximate surface area is 178 Å². The summed E-state index contributed by atoms with van der Waals surface area (Å²) >= 11 is 0. The molecule has 3 aromatic heterocycles. The van der Waals surface area contributed by atoms with Crippen LogP contribution >= 0.6 is 0 Å². The third-order valence-corrected chi connectivity index (χ3v) is 5.64. The lowest BCUT2D eigenvalue weighted by molar-refractivity contribution is 1.34. The summed E-state index contributed by atoms with van der Waals surface area (Å²) in [5, 5.41) is 7.08. The lowest BCUT2D eigenvalue weighted by Gasteiger charge is -2.10. The van der Waals surface area contributed by atoms with Crippen molar-refractivity contribution in [1.82, 2.24) is 19.9 Å². The molecule has 7 aromatic rings. The van der Waals surface area contributed by atoms with Crippen LogP contribution in [0.1, 0.15) is 0 Å². The van der Waals surface area contributed by atoms with Gasteiger partial charge in [0, 0.05) is 33.9 Å². The molecule has 0 aliphatic rings. The van der Waals surface area contributed by atoms with E-state index in [4.69, 9.17) is 4.98 Å². The van der Waals surface area contributed by atoms with E-state index < -0.39 is 0 Å². The quantitative estimate of drug-likeness (QED) is 0.291. The molecule has 0 amide bonds.